The number of allylic oxidation sites excluding steroid dienone is 26. The highest BCUT2D eigenvalue weighted by Gasteiger charge is 2.26. The molecule has 554 valence electrons. The van der Waals surface area contributed by atoms with Crippen molar-refractivity contribution in [2.24, 2.45) is 5.73 Å². The van der Waals surface area contributed by atoms with E-state index in [2.05, 4.69) is 172 Å². The number of carbonyl (C=O) groups excluding carboxylic acids is 2. The topological polar surface area (TPSA) is 134 Å². The van der Waals surface area contributed by atoms with E-state index in [-0.39, 0.29) is 32.6 Å². The molecule has 0 radical (unpaired) electrons. The van der Waals surface area contributed by atoms with Crippen LogP contribution in [0, 0.1) is 0 Å². The number of phosphoric acid groups is 1. The van der Waals surface area contributed by atoms with E-state index in [0.717, 1.165) is 109 Å². The lowest BCUT2D eigenvalue weighted by Gasteiger charge is -2.19. The van der Waals surface area contributed by atoms with Crippen LogP contribution >= 0.6 is 7.82 Å². The summed E-state index contributed by atoms with van der Waals surface area (Å²) in [6.07, 6.45) is 118. The molecule has 0 bridgehead atoms. The smallest absolute Gasteiger partial charge is 0.462 e. The average Bonchev–Trinajstić information content (AvgIpc) is 2.88. The number of unbranched alkanes of at least 4 members (excludes halogenated alkanes) is 35. The second-order valence-corrected chi connectivity index (χ2v) is 27.7. The fourth-order valence-electron chi connectivity index (χ4n) is 11.0. The van der Waals surface area contributed by atoms with Crippen LogP contribution in [0.25, 0.3) is 0 Å². The van der Waals surface area contributed by atoms with Crippen LogP contribution in [0.3, 0.4) is 0 Å². The maximum absolute atomic E-state index is 12.8. The van der Waals surface area contributed by atoms with Crippen LogP contribution in [-0.2, 0) is 32.7 Å². The highest BCUT2D eigenvalue weighted by molar-refractivity contribution is 7.47. The van der Waals surface area contributed by atoms with Crippen molar-refractivity contribution in [3.8, 4) is 0 Å². The minimum atomic E-state index is -4.42. The first-order valence-corrected chi connectivity index (χ1v) is 41.5. The molecule has 10 heteroatoms. The summed E-state index contributed by atoms with van der Waals surface area (Å²) in [5.74, 6) is -0.877. The molecule has 0 saturated heterocycles. The molecule has 0 aliphatic heterocycles. The van der Waals surface area contributed by atoms with Gasteiger partial charge >= 0.3 is 19.8 Å². The first-order chi connectivity index (χ1) is 47.8. The van der Waals surface area contributed by atoms with Gasteiger partial charge in [0.25, 0.3) is 0 Å². The molecule has 0 aromatic heterocycles. The molecular weight excluding hydrogens is 1220 g/mol. The van der Waals surface area contributed by atoms with Gasteiger partial charge in [0.2, 0.25) is 0 Å². The molecule has 0 amide bonds. The molecule has 97 heavy (non-hydrogen) atoms. The Labute approximate surface area is 598 Å². The van der Waals surface area contributed by atoms with Gasteiger partial charge in [0, 0.05) is 19.4 Å². The van der Waals surface area contributed by atoms with Crippen LogP contribution in [0.5, 0.6) is 0 Å². The first kappa shape index (κ1) is 92.6. The van der Waals surface area contributed by atoms with Crippen LogP contribution in [0.2, 0.25) is 0 Å². The Morgan fingerprint density at radius 1 is 0.320 bits per heavy atom. The summed E-state index contributed by atoms with van der Waals surface area (Å²) in [7, 11) is -4.42. The molecule has 0 aromatic rings. The molecule has 0 aromatic carbocycles. The number of carbonyl (C=O) groups is 2. The van der Waals surface area contributed by atoms with Crippen molar-refractivity contribution in [2.45, 2.75) is 354 Å². The minimum absolute atomic E-state index is 0.0396. The van der Waals surface area contributed by atoms with Gasteiger partial charge in [0.1, 0.15) is 6.61 Å². The summed E-state index contributed by atoms with van der Waals surface area (Å²) in [5.41, 5.74) is 5.41. The Kier molecular flexibility index (Phi) is 77.0. The number of rotatable bonds is 74. The lowest BCUT2D eigenvalue weighted by atomic mass is 10.0. The Bertz CT molecular complexity index is 2160. The van der Waals surface area contributed by atoms with E-state index in [1.165, 1.54) is 205 Å². The van der Waals surface area contributed by atoms with Gasteiger partial charge < -0.3 is 20.1 Å². The fraction of sp³-hybridized carbons (Fsp3) is 0.678. The van der Waals surface area contributed by atoms with Crippen molar-refractivity contribution in [3.05, 3.63) is 158 Å². The van der Waals surface area contributed by atoms with Gasteiger partial charge in [-0.3, -0.25) is 18.6 Å². The number of hydrogen-bond acceptors (Lipinski definition) is 8. The summed E-state index contributed by atoms with van der Waals surface area (Å²) in [6, 6.07) is 0. The number of phosphoric ester groups is 1. The van der Waals surface area contributed by atoms with Crippen molar-refractivity contribution < 1.29 is 37.6 Å². The third-order valence-corrected chi connectivity index (χ3v) is 17.9. The summed E-state index contributed by atoms with van der Waals surface area (Å²) in [5, 5.41) is 0. The molecule has 2 atom stereocenters. The Morgan fingerprint density at radius 3 is 0.876 bits per heavy atom. The molecular formula is C87H148NO8P. The van der Waals surface area contributed by atoms with E-state index in [1.54, 1.807) is 0 Å². The molecule has 0 spiro atoms. The molecule has 2 unspecified atom stereocenters. The number of nitrogens with two attached hydrogens (primary N) is 1. The third-order valence-electron chi connectivity index (χ3n) is 16.9. The van der Waals surface area contributed by atoms with Crippen LogP contribution in [-0.4, -0.2) is 49.3 Å². The quantitative estimate of drug-likeness (QED) is 0.0264. The summed E-state index contributed by atoms with van der Waals surface area (Å²) in [6.45, 7) is 3.60. The van der Waals surface area contributed by atoms with Crippen molar-refractivity contribution in [3.63, 3.8) is 0 Å². The highest BCUT2D eigenvalue weighted by Crippen LogP contribution is 2.43. The van der Waals surface area contributed by atoms with Crippen molar-refractivity contribution in [1.82, 2.24) is 0 Å². The Hall–Kier alpha value is -4.37. The first-order valence-electron chi connectivity index (χ1n) is 40.0. The predicted molar refractivity (Wildman–Crippen MR) is 422 cm³/mol. The predicted octanol–water partition coefficient (Wildman–Crippen LogP) is 27.1. The molecule has 0 aliphatic carbocycles. The minimum Gasteiger partial charge on any atom is -0.462 e. The van der Waals surface area contributed by atoms with Crippen molar-refractivity contribution >= 4 is 19.8 Å². The molecule has 0 aliphatic rings. The molecule has 9 nitrogen and oxygen atoms in total. The van der Waals surface area contributed by atoms with Gasteiger partial charge in [0.05, 0.1) is 13.2 Å². The monoisotopic (exact) mass is 1370 g/mol. The van der Waals surface area contributed by atoms with E-state index >= 15 is 0 Å². The van der Waals surface area contributed by atoms with E-state index in [0.29, 0.717) is 6.42 Å². The lowest BCUT2D eigenvalue weighted by Crippen LogP contribution is -2.29. The summed E-state index contributed by atoms with van der Waals surface area (Å²) < 4.78 is 33.2. The zero-order chi connectivity index (χ0) is 70.0. The van der Waals surface area contributed by atoms with Crippen LogP contribution in [0.1, 0.15) is 348 Å². The van der Waals surface area contributed by atoms with Crippen molar-refractivity contribution in [2.75, 3.05) is 26.4 Å². The lowest BCUT2D eigenvalue weighted by molar-refractivity contribution is -0.161. The van der Waals surface area contributed by atoms with Crippen molar-refractivity contribution in [1.29, 1.82) is 0 Å². The third kappa shape index (κ3) is 80.5. The number of ether oxygens (including phenoxy) is 2. The van der Waals surface area contributed by atoms with Gasteiger partial charge in [-0.2, -0.15) is 0 Å². The SMILES string of the molecule is CC/C=C\C/C=C\C/C=C\C/C=C\C/C=C\C/C=C\C/C=C\C/C=C\C/C=C\C/C=C\C/C=C\C/C=C\CCCCC(=O)OC(COC(=O)CCCCCCCCCCCCCCCCCCCCCCCCCCC/C=C\CCCCCCCCCC)COP(=O)(O)OCCN. The zero-order valence-corrected chi connectivity index (χ0v) is 63.4. The largest absolute Gasteiger partial charge is 0.472 e. The molecule has 0 fully saturated rings. The van der Waals surface area contributed by atoms with Gasteiger partial charge in [0.15, 0.2) is 6.10 Å². The Balaban J connectivity index is 3.93. The highest BCUT2D eigenvalue weighted by atomic mass is 31.2. The van der Waals surface area contributed by atoms with Crippen LogP contribution < -0.4 is 5.73 Å². The number of hydrogen-bond donors (Lipinski definition) is 2. The zero-order valence-electron chi connectivity index (χ0n) is 62.5. The molecule has 0 saturated carbocycles. The van der Waals surface area contributed by atoms with Gasteiger partial charge in [-0.15, -0.1) is 0 Å². The van der Waals surface area contributed by atoms with Gasteiger partial charge in [-0.1, -0.05) is 364 Å². The van der Waals surface area contributed by atoms with E-state index < -0.39 is 32.5 Å². The van der Waals surface area contributed by atoms with E-state index in [9.17, 15) is 19.0 Å². The molecule has 0 rings (SSSR count). The van der Waals surface area contributed by atoms with Gasteiger partial charge in [-0.05, 0) is 128 Å². The second-order valence-electron chi connectivity index (χ2n) is 26.2. The van der Waals surface area contributed by atoms with E-state index in [1.807, 2.05) is 0 Å². The van der Waals surface area contributed by atoms with Crippen LogP contribution in [0.15, 0.2) is 158 Å². The second kappa shape index (κ2) is 80.6. The van der Waals surface area contributed by atoms with E-state index in [4.69, 9.17) is 24.3 Å². The maximum Gasteiger partial charge on any atom is 0.472 e. The fourth-order valence-corrected chi connectivity index (χ4v) is 11.8. The average molecular weight is 1370 g/mol. The summed E-state index contributed by atoms with van der Waals surface area (Å²) >= 11 is 0. The number of esters is 2. The molecule has 0 heterocycles. The summed E-state index contributed by atoms with van der Waals surface area (Å²) in [4.78, 5) is 35.4. The van der Waals surface area contributed by atoms with Crippen LogP contribution in [0.4, 0.5) is 0 Å². The standard InChI is InChI=1S/C87H148NO8P/c1-3-5-7-9-11-13-15-17-19-21-23-25-27-29-31-33-35-37-39-41-42-44-46-48-50-52-54-56-58-60-62-64-66-68-70-72-74-76-78-80-87(90)96-85(84-95-97(91,92)94-82-81-88)83-93-86(89)79-77-75-73-71-69-67-65-63-61-59-57-55-53-51-49-47-45-43-40-38-36-34-32-30-28-26-24-22-20-18-16-14-12-10-8-6-4-2/h5,7,11,13,17,19,22-25,29,31,35,37,41-42,46,48,52,54,58,60,64,66,70,72,85H,3-4,6,8-10,12,14-16,18,20-21,26-28,30,32-34,36,38-40,43-45,47,49-51,53,55-57,59,61-63,65,67-69,71,73-84,88H2,1-2H3,(H,91,92)/b7-5-,13-11-,19-17-,24-22-,25-23-,31-29-,37-35-,42-41-,48-46-,54-52-,60-58-,66-64-,72-70-. The normalized spacial score (nSPS) is 13.7. The van der Waals surface area contributed by atoms with Gasteiger partial charge in [-0.25, -0.2) is 4.57 Å². The Morgan fingerprint density at radius 2 is 0.567 bits per heavy atom. The maximum atomic E-state index is 12.8. The molecule has 3 N–H and O–H groups in total.